The van der Waals surface area contributed by atoms with Crippen molar-refractivity contribution in [2.24, 2.45) is 58.2 Å². The van der Waals surface area contributed by atoms with Crippen LogP contribution in [0.4, 0.5) is 0 Å². The van der Waals surface area contributed by atoms with E-state index in [1.165, 1.54) is 25.7 Å². The van der Waals surface area contributed by atoms with Gasteiger partial charge in [-0.05, 0) is 110 Å². The van der Waals surface area contributed by atoms with Crippen molar-refractivity contribution in [1.29, 1.82) is 0 Å². The first kappa shape index (κ1) is 20.3. The molecule has 5 aliphatic carbocycles. The Hall–Kier alpha value is -0.610. The van der Waals surface area contributed by atoms with Gasteiger partial charge in [0.15, 0.2) is 0 Å². The van der Waals surface area contributed by atoms with Crippen LogP contribution in [0.2, 0.25) is 0 Å². The van der Waals surface area contributed by atoms with E-state index in [1.54, 1.807) is 0 Å². The number of carboxylic acids is 1. The summed E-state index contributed by atoms with van der Waals surface area (Å²) in [7, 11) is 0. The Morgan fingerprint density at radius 1 is 0.931 bits per heavy atom. The molecular formula is C25H40O4. The van der Waals surface area contributed by atoms with Crippen molar-refractivity contribution >= 4 is 5.97 Å². The maximum Gasteiger partial charge on any atom is 0.306 e. The van der Waals surface area contributed by atoms with Crippen molar-refractivity contribution in [1.82, 2.24) is 0 Å². The highest BCUT2D eigenvalue weighted by Crippen LogP contribution is 2.69. The molecule has 5 saturated carbocycles. The second-order valence-corrected chi connectivity index (χ2v) is 12.2. The van der Waals surface area contributed by atoms with Crippen LogP contribution in [-0.2, 0) is 4.79 Å². The van der Waals surface area contributed by atoms with Crippen molar-refractivity contribution < 1.29 is 20.1 Å². The van der Waals surface area contributed by atoms with Crippen molar-refractivity contribution in [3.05, 3.63) is 0 Å². The summed E-state index contributed by atoms with van der Waals surface area (Å²) < 4.78 is 0. The number of aliphatic hydroxyl groups is 2. The van der Waals surface area contributed by atoms with E-state index in [-0.39, 0.29) is 29.0 Å². The van der Waals surface area contributed by atoms with Gasteiger partial charge in [0, 0.05) is 0 Å². The summed E-state index contributed by atoms with van der Waals surface area (Å²) in [6.45, 7) is 7.26. The third kappa shape index (κ3) is 2.87. The zero-order chi connectivity index (χ0) is 20.7. The first-order chi connectivity index (χ1) is 13.7. The molecule has 0 saturated heterocycles. The number of aliphatic carboxylic acids is 1. The fourth-order valence-corrected chi connectivity index (χ4v) is 9.48. The fraction of sp³-hybridized carbons (Fsp3) is 0.960. The van der Waals surface area contributed by atoms with E-state index < -0.39 is 5.97 Å². The zero-order valence-corrected chi connectivity index (χ0v) is 18.4. The standard InChI is InChI=1S/C25H40O4/c1-13(16-12-17(16)23(28)29)18-4-5-19-22-20(7-9-25(18,19)3)24(2)8-6-15(26)10-14(24)11-21(22)27/h13-22,26-27H,4-12H2,1-3H3,(H,28,29)/t13-,14+,15-,16+,17-,18-,19+,20+,21-,22+,24+,25-/m1/s1. The van der Waals surface area contributed by atoms with E-state index in [2.05, 4.69) is 20.8 Å². The predicted molar refractivity (Wildman–Crippen MR) is 111 cm³/mol. The number of fused-ring (bicyclic) bond motifs is 5. The molecule has 5 rings (SSSR count). The van der Waals surface area contributed by atoms with Gasteiger partial charge in [0.05, 0.1) is 18.1 Å². The van der Waals surface area contributed by atoms with Gasteiger partial charge >= 0.3 is 5.97 Å². The summed E-state index contributed by atoms with van der Waals surface area (Å²) in [5.74, 6) is 2.76. The van der Waals surface area contributed by atoms with E-state index >= 15 is 0 Å². The molecule has 0 radical (unpaired) electrons. The van der Waals surface area contributed by atoms with Gasteiger partial charge in [0.1, 0.15) is 0 Å². The largest absolute Gasteiger partial charge is 0.481 e. The van der Waals surface area contributed by atoms with Gasteiger partial charge in [0.2, 0.25) is 0 Å². The molecule has 0 spiro atoms. The number of carboxylic acid groups (broad SMARTS) is 1. The van der Waals surface area contributed by atoms with Crippen molar-refractivity contribution in [3.8, 4) is 0 Å². The summed E-state index contributed by atoms with van der Waals surface area (Å²) in [4.78, 5) is 11.4. The first-order valence-electron chi connectivity index (χ1n) is 12.3. The van der Waals surface area contributed by atoms with Gasteiger partial charge in [-0.1, -0.05) is 20.8 Å². The molecule has 4 nitrogen and oxygen atoms in total. The predicted octanol–water partition coefficient (Wildman–Crippen LogP) is 4.33. The monoisotopic (exact) mass is 404 g/mol. The van der Waals surface area contributed by atoms with Crippen LogP contribution in [-0.4, -0.2) is 33.5 Å². The number of rotatable bonds is 3. The molecule has 3 N–H and O–H groups in total. The van der Waals surface area contributed by atoms with E-state index in [0.29, 0.717) is 41.4 Å². The third-order valence-electron chi connectivity index (χ3n) is 11.2. The summed E-state index contributed by atoms with van der Waals surface area (Å²) in [6.07, 6.45) is 9.08. The minimum absolute atomic E-state index is 0.113. The van der Waals surface area contributed by atoms with Gasteiger partial charge in [-0.3, -0.25) is 4.79 Å². The summed E-state index contributed by atoms with van der Waals surface area (Å²) in [5, 5.41) is 30.9. The van der Waals surface area contributed by atoms with Crippen LogP contribution in [0.3, 0.4) is 0 Å². The Labute approximate surface area is 175 Å². The highest BCUT2D eigenvalue weighted by Gasteiger charge is 2.64. The highest BCUT2D eigenvalue weighted by atomic mass is 16.4. The Morgan fingerprint density at radius 3 is 2.31 bits per heavy atom. The average Bonchev–Trinajstić information content (AvgIpc) is 3.39. The van der Waals surface area contributed by atoms with Crippen LogP contribution in [0.5, 0.6) is 0 Å². The molecule has 0 heterocycles. The van der Waals surface area contributed by atoms with Crippen LogP contribution in [0.15, 0.2) is 0 Å². The highest BCUT2D eigenvalue weighted by molar-refractivity contribution is 5.73. The summed E-state index contributed by atoms with van der Waals surface area (Å²) in [6, 6.07) is 0. The first-order valence-corrected chi connectivity index (χ1v) is 12.3. The molecule has 29 heavy (non-hydrogen) atoms. The summed E-state index contributed by atoms with van der Waals surface area (Å²) in [5.41, 5.74) is 0.531. The van der Waals surface area contributed by atoms with E-state index in [1.807, 2.05) is 0 Å². The van der Waals surface area contributed by atoms with Crippen LogP contribution < -0.4 is 0 Å². The minimum atomic E-state index is -0.605. The molecule has 0 unspecified atom stereocenters. The number of aliphatic hydroxyl groups excluding tert-OH is 2. The quantitative estimate of drug-likeness (QED) is 0.654. The lowest BCUT2D eigenvalue weighted by atomic mass is 9.43. The maximum atomic E-state index is 11.4. The Kier molecular flexibility index (Phi) is 4.68. The number of hydrogen-bond donors (Lipinski definition) is 3. The fourth-order valence-electron chi connectivity index (χ4n) is 9.48. The van der Waals surface area contributed by atoms with Gasteiger partial charge in [0.25, 0.3) is 0 Å². The van der Waals surface area contributed by atoms with Crippen LogP contribution in [0, 0.1) is 58.2 Å². The lowest BCUT2D eigenvalue weighted by Crippen LogP contribution is -2.58. The van der Waals surface area contributed by atoms with Gasteiger partial charge in [-0.15, -0.1) is 0 Å². The summed E-state index contributed by atoms with van der Waals surface area (Å²) >= 11 is 0. The molecule has 5 fully saturated rings. The van der Waals surface area contributed by atoms with Gasteiger partial charge in [-0.25, -0.2) is 0 Å². The van der Waals surface area contributed by atoms with Crippen molar-refractivity contribution in [3.63, 3.8) is 0 Å². The van der Waals surface area contributed by atoms with Crippen molar-refractivity contribution in [2.45, 2.75) is 90.8 Å². The van der Waals surface area contributed by atoms with Gasteiger partial charge < -0.3 is 15.3 Å². The second-order valence-electron chi connectivity index (χ2n) is 12.2. The Morgan fingerprint density at radius 2 is 1.62 bits per heavy atom. The number of carbonyl (C=O) groups is 1. The molecule has 0 bridgehead atoms. The Bertz CT molecular complexity index is 678. The minimum Gasteiger partial charge on any atom is -0.481 e. The average molecular weight is 405 g/mol. The maximum absolute atomic E-state index is 11.4. The molecule has 5 aliphatic rings. The van der Waals surface area contributed by atoms with Crippen LogP contribution >= 0.6 is 0 Å². The van der Waals surface area contributed by atoms with Crippen molar-refractivity contribution in [2.75, 3.05) is 0 Å². The molecule has 164 valence electrons. The topological polar surface area (TPSA) is 77.8 Å². The molecule has 0 aromatic rings. The van der Waals surface area contributed by atoms with E-state index in [4.69, 9.17) is 0 Å². The van der Waals surface area contributed by atoms with E-state index in [0.717, 1.165) is 32.1 Å². The molecule has 0 amide bonds. The smallest absolute Gasteiger partial charge is 0.306 e. The van der Waals surface area contributed by atoms with Crippen LogP contribution in [0.25, 0.3) is 0 Å². The second kappa shape index (κ2) is 6.69. The lowest BCUT2D eigenvalue weighted by molar-refractivity contribution is -0.174. The SMILES string of the molecule is C[C@H]([C@@H]1C[C@H]1C(=O)O)[C@H]1CC[C@H]2[C@@H]3[C@H](O)C[C@@H]4C[C@H](O)CC[C@]4(C)[C@H]3CC[C@]12C. The normalized spacial score (nSPS) is 57.3. The Balaban J connectivity index is 1.39. The molecule has 0 aromatic heterocycles. The molecular weight excluding hydrogens is 364 g/mol. The molecule has 4 heteroatoms. The van der Waals surface area contributed by atoms with Crippen LogP contribution in [0.1, 0.15) is 78.6 Å². The number of hydrogen-bond acceptors (Lipinski definition) is 3. The zero-order valence-electron chi connectivity index (χ0n) is 18.4. The lowest BCUT2D eigenvalue weighted by Gasteiger charge is -2.62. The molecule has 0 aromatic carbocycles. The van der Waals surface area contributed by atoms with E-state index in [9.17, 15) is 20.1 Å². The molecule has 12 atom stereocenters. The molecule has 0 aliphatic heterocycles. The van der Waals surface area contributed by atoms with Gasteiger partial charge in [-0.2, -0.15) is 0 Å². The third-order valence-corrected chi connectivity index (χ3v) is 11.2.